The van der Waals surface area contributed by atoms with Gasteiger partial charge in [-0.3, -0.25) is 4.98 Å². The summed E-state index contributed by atoms with van der Waals surface area (Å²) >= 11 is 1.59. The van der Waals surface area contributed by atoms with Crippen LogP contribution in [0.5, 0.6) is 0 Å². The minimum Gasteiger partial charge on any atom is -0.462 e. The first-order valence-electron chi connectivity index (χ1n) is 6.91. The van der Waals surface area contributed by atoms with Crippen molar-refractivity contribution in [3.8, 4) is 21.8 Å². The molecule has 2 aromatic heterocycles. The molecule has 0 amide bonds. The molecule has 3 aromatic rings. The number of thiazole rings is 1. The molecule has 0 radical (unpaired) electrons. The third-order valence-electron chi connectivity index (χ3n) is 3.12. The lowest BCUT2D eigenvalue weighted by Gasteiger charge is -2.02. The molecule has 1 aromatic carbocycles. The molecule has 3 rings (SSSR count). The van der Waals surface area contributed by atoms with Crippen molar-refractivity contribution in [2.75, 3.05) is 6.61 Å². The lowest BCUT2D eigenvalue weighted by molar-refractivity contribution is 0.0526. The molecular weight excluding hydrogens is 296 g/mol. The van der Waals surface area contributed by atoms with Gasteiger partial charge in [-0.2, -0.15) is 0 Å². The van der Waals surface area contributed by atoms with E-state index in [0.717, 1.165) is 21.8 Å². The number of hydrogen-bond donors (Lipinski definition) is 0. The molecule has 22 heavy (non-hydrogen) atoms. The second kappa shape index (κ2) is 6.49. The molecule has 0 bridgehead atoms. The van der Waals surface area contributed by atoms with E-state index in [2.05, 4.69) is 9.97 Å². The first kappa shape index (κ1) is 14.4. The largest absolute Gasteiger partial charge is 0.462 e. The highest BCUT2D eigenvalue weighted by Crippen LogP contribution is 2.28. The molecule has 0 atom stereocenters. The molecule has 0 saturated carbocycles. The second-order valence-electron chi connectivity index (χ2n) is 4.57. The Hall–Kier alpha value is -2.53. The Balaban J connectivity index is 1.83. The van der Waals surface area contributed by atoms with Crippen LogP contribution in [-0.2, 0) is 4.74 Å². The van der Waals surface area contributed by atoms with E-state index in [1.165, 1.54) is 0 Å². The van der Waals surface area contributed by atoms with Gasteiger partial charge in [0.15, 0.2) is 0 Å². The lowest BCUT2D eigenvalue weighted by Crippen LogP contribution is -2.03. The predicted octanol–water partition coefficient (Wildman–Crippen LogP) is 4.05. The zero-order valence-electron chi connectivity index (χ0n) is 12.0. The molecular formula is C17H14N2O2S. The first-order valence-corrected chi connectivity index (χ1v) is 7.79. The van der Waals surface area contributed by atoms with Gasteiger partial charge in [0.05, 0.1) is 17.9 Å². The number of benzene rings is 1. The number of carbonyl (C=O) groups is 1. The Morgan fingerprint density at radius 2 is 1.82 bits per heavy atom. The minimum atomic E-state index is -0.301. The van der Waals surface area contributed by atoms with Crippen LogP contribution < -0.4 is 0 Å². The van der Waals surface area contributed by atoms with Crippen LogP contribution in [0.4, 0.5) is 0 Å². The summed E-state index contributed by atoms with van der Waals surface area (Å²) in [6, 6.07) is 11.2. The topological polar surface area (TPSA) is 52.1 Å². The highest BCUT2D eigenvalue weighted by atomic mass is 32.1. The molecule has 2 heterocycles. The van der Waals surface area contributed by atoms with Gasteiger partial charge in [-0.1, -0.05) is 12.1 Å². The van der Waals surface area contributed by atoms with Gasteiger partial charge in [0.1, 0.15) is 5.01 Å². The zero-order chi connectivity index (χ0) is 15.4. The van der Waals surface area contributed by atoms with Gasteiger partial charge >= 0.3 is 5.97 Å². The van der Waals surface area contributed by atoms with Crippen molar-refractivity contribution in [3.05, 3.63) is 59.7 Å². The Morgan fingerprint density at radius 3 is 2.50 bits per heavy atom. The molecule has 0 aliphatic rings. The molecule has 0 aliphatic carbocycles. The molecule has 5 heteroatoms. The summed E-state index contributed by atoms with van der Waals surface area (Å²) in [4.78, 5) is 20.3. The monoisotopic (exact) mass is 310 g/mol. The molecule has 0 saturated heterocycles. The third-order valence-corrected chi connectivity index (χ3v) is 4.01. The van der Waals surface area contributed by atoms with Gasteiger partial charge in [-0.15, -0.1) is 11.3 Å². The van der Waals surface area contributed by atoms with Crippen molar-refractivity contribution in [1.82, 2.24) is 9.97 Å². The Kier molecular flexibility index (Phi) is 4.25. The number of hydrogen-bond acceptors (Lipinski definition) is 5. The summed E-state index contributed by atoms with van der Waals surface area (Å²) in [6.45, 7) is 2.17. The number of ether oxygens (including phenoxy) is 1. The number of nitrogens with zero attached hydrogens (tertiary/aromatic N) is 2. The smallest absolute Gasteiger partial charge is 0.338 e. The number of aromatic nitrogens is 2. The maximum atomic E-state index is 11.6. The van der Waals surface area contributed by atoms with Crippen LogP contribution in [0.15, 0.2) is 54.2 Å². The van der Waals surface area contributed by atoms with Crippen molar-refractivity contribution in [3.63, 3.8) is 0 Å². The van der Waals surface area contributed by atoms with E-state index < -0.39 is 0 Å². The van der Waals surface area contributed by atoms with Crippen molar-refractivity contribution in [2.24, 2.45) is 0 Å². The highest BCUT2D eigenvalue weighted by molar-refractivity contribution is 7.13. The fraction of sp³-hybridized carbons (Fsp3) is 0.118. The quantitative estimate of drug-likeness (QED) is 0.682. The highest BCUT2D eigenvalue weighted by Gasteiger charge is 2.09. The van der Waals surface area contributed by atoms with Gasteiger partial charge in [-0.05, 0) is 31.2 Å². The standard InChI is InChI=1S/C17H14N2O2S/c1-2-21-17(20)14-5-3-12(4-6-14)15-11-22-16(19-15)13-7-9-18-10-8-13/h3-11H,2H2,1H3. The van der Waals surface area contributed by atoms with Crippen LogP contribution in [0.2, 0.25) is 0 Å². The third kappa shape index (κ3) is 3.04. The van der Waals surface area contributed by atoms with Crippen LogP contribution in [0.3, 0.4) is 0 Å². The van der Waals surface area contributed by atoms with Gasteiger partial charge in [0.2, 0.25) is 0 Å². The summed E-state index contributed by atoms with van der Waals surface area (Å²) in [5.74, 6) is -0.301. The van der Waals surface area contributed by atoms with E-state index in [4.69, 9.17) is 4.74 Å². The van der Waals surface area contributed by atoms with E-state index >= 15 is 0 Å². The lowest BCUT2D eigenvalue weighted by atomic mass is 10.1. The number of pyridine rings is 1. The fourth-order valence-electron chi connectivity index (χ4n) is 2.02. The first-order chi connectivity index (χ1) is 10.8. The van der Waals surface area contributed by atoms with Crippen LogP contribution in [0.25, 0.3) is 21.8 Å². The molecule has 4 nitrogen and oxygen atoms in total. The molecule has 110 valence electrons. The van der Waals surface area contributed by atoms with E-state index in [9.17, 15) is 4.79 Å². The number of rotatable bonds is 4. The minimum absolute atomic E-state index is 0.301. The second-order valence-corrected chi connectivity index (χ2v) is 5.43. The molecule has 0 fully saturated rings. The average Bonchev–Trinajstić information content (AvgIpc) is 3.06. The Labute approximate surface area is 132 Å². The SMILES string of the molecule is CCOC(=O)c1ccc(-c2csc(-c3ccncc3)n2)cc1. The number of esters is 1. The molecule has 0 N–H and O–H groups in total. The average molecular weight is 310 g/mol. The molecule has 0 aliphatic heterocycles. The zero-order valence-corrected chi connectivity index (χ0v) is 12.8. The molecule has 0 unspecified atom stereocenters. The van der Waals surface area contributed by atoms with Crippen LogP contribution in [0, 0.1) is 0 Å². The van der Waals surface area contributed by atoms with Crippen LogP contribution >= 0.6 is 11.3 Å². The summed E-state index contributed by atoms with van der Waals surface area (Å²) in [6.07, 6.45) is 3.51. The summed E-state index contributed by atoms with van der Waals surface area (Å²) < 4.78 is 4.98. The normalized spacial score (nSPS) is 10.4. The number of carbonyl (C=O) groups excluding carboxylic acids is 1. The summed E-state index contributed by atoms with van der Waals surface area (Å²) in [5.41, 5.74) is 3.47. The van der Waals surface area contributed by atoms with E-state index in [0.29, 0.717) is 12.2 Å². The van der Waals surface area contributed by atoms with Crippen molar-refractivity contribution >= 4 is 17.3 Å². The van der Waals surface area contributed by atoms with Crippen molar-refractivity contribution in [1.29, 1.82) is 0 Å². The maximum Gasteiger partial charge on any atom is 0.338 e. The van der Waals surface area contributed by atoms with Gasteiger partial charge < -0.3 is 4.74 Å². The fourth-order valence-corrected chi connectivity index (χ4v) is 2.86. The molecule has 0 spiro atoms. The van der Waals surface area contributed by atoms with E-state index in [-0.39, 0.29) is 5.97 Å². The van der Waals surface area contributed by atoms with Crippen LogP contribution in [-0.4, -0.2) is 22.5 Å². The van der Waals surface area contributed by atoms with Gasteiger partial charge in [0.25, 0.3) is 0 Å². The summed E-state index contributed by atoms with van der Waals surface area (Å²) in [7, 11) is 0. The van der Waals surface area contributed by atoms with Crippen molar-refractivity contribution in [2.45, 2.75) is 6.92 Å². The van der Waals surface area contributed by atoms with Crippen LogP contribution in [0.1, 0.15) is 17.3 Å². The summed E-state index contributed by atoms with van der Waals surface area (Å²) in [5, 5.41) is 2.96. The van der Waals surface area contributed by atoms with Gasteiger partial charge in [0, 0.05) is 28.9 Å². The maximum absolute atomic E-state index is 11.6. The Bertz CT molecular complexity index is 767. The predicted molar refractivity (Wildman–Crippen MR) is 86.7 cm³/mol. The van der Waals surface area contributed by atoms with E-state index in [1.54, 1.807) is 42.8 Å². The van der Waals surface area contributed by atoms with E-state index in [1.807, 2.05) is 29.6 Å². The van der Waals surface area contributed by atoms with Gasteiger partial charge in [-0.25, -0.2) is 9.78 Å². The Morgan fingerprint density at radius 1 is 1.09 bits per heavy atom. The van der Waals surface area contributed by atoms with Crippen molar-refractivity contribution < 1.29 is 9.53 Å².